The Labute approximate surface area is 211 Å². The van der Waals surface area contributed by atoms with Crippen molar-refractivity contribution in [2.24, 2.45) is 11.1 Å². The Bertz CT molecular complexity index is 1350. The minimum atomic E-state index is -4.64. The summed E-state index contributed by atoms with van der Waals surface area (Å²) in [6.45, 7) is 5.47. The number of ether oxygens (including phenoxy) is 1. The Morgan fingerprint density at radius 2 is 1.89 bits per heavy atom. The zero-order valence-electron chi connectivity index (χ0n) is 20.8. The van der Waals surface area contributed by atoms with Gasteiger partial charge in [-0.15, -0.1) is 0 Å². The molecule has 2 atom stereocenters. The monoisotopic (exact) mass is 519 g/mol. The molecule has 4 N–H and O–H groups in total. The molecule has 0 unspecified atom stereocenters. The number of oxazole rings is 1. The van der Waals surface area contributed by atoms with Crippen LogP contribution in [-0.4, -0.2) is 41.5 Å². The summed E-state index contributed by atoms with van der Waals surface area (Å²) >= 11 is 0. The van der Waals surface area contributed by atoms with Crippen molar-refractivity contribution < 1.29 is 31.9 Å². The second kappa shape index (κ2) is 9.66. The van der Waals surface area contributed by atoms with Gasteiger partial charge in [0, 0.05) is 29.0 Å². The molecule has 9 nitrogen and oxygen atoms in total. The van der Waals surface area contributed by atoms with Crippen LogP contribution in [0.3, 0.4) is 0 Å². The minimum absolute atomic E-state index is 0.00530. The van der Waals surface area contributed by atoms with Crippen LogP contribution in [0.5, 0.6) is 5.75 Å². The lowest BCUT2D eigenvalue weighted by atomic mass is 10.1. The van der Waals surface area contributed by atoms with Crippen LogP contribution < -0.4 is 21.1 Å². The van der Waals surface area contributed by atoms with Crippen LogP contribution in [0.15, 0.2) is 28.7 Å². The van der Waals surface area contributed by atoms with Crippen LogP contribution in [0.2, 0.25) is 0 Å². The molecule has 2 amide bonds. The predicted octanol–water partition coefficient (Wildman–Crippen LogP) is 3.97. The summed E-state index contributed by atoms with van der Waals surface area (Å²) in [5.74, 6) is -0.371. The molecule has 0 spiro atoms. The second-order valence-electron chi connectivity index (χ2n) is 9.57. The normalized spacial score (nSPS) is 16.2. The maximum absolute atomic E-state index is 13.3. The first-order chi connectivity index (χ1) is 17.3. The highest BCUT2D eigenvalue weighted by molar-refractivity contribution is 5.98. The van der Waals surface area contributed by atoms with Gasteiger partial charge >= 0.3 is 6.18 Å². The zero-order valence-corrected chi connectivity index (χ0v) is 20.8. The molecule has 1 aliphatic rings. The highest BCUT2D eigenvalue weighted by Crippen LogP contribution is 2.45. The van der Waals surface area contributed by atoms with Crippen LogP contribution in [-0.2, 0) is 11.0 Å². The number of hydrogen-bond acceptors (Lipinski definition) is 7. The maximum Gasteiger partial charge on any atom is 0.433 e. The summed E-state index contributed by atoms with van der Waals surface area (Å²) in [5, 5.41) is 5.90. The molecule has 2 aromatic heterocycles. The Morgan fingerprint density at radius 1 is 1.19 bits per heavy atom. The number of nitrogens with two attached hydrogens (primary N) is 1. The average Bonchev–Trinajstić information content (AvgIpc) is 3.43. The molecule has 0 bridgehead atoms. The van der Waals surface area contributed by atoms with E-state index in [1.165, 1.54) is 19.2 Å². The molecule has 4 rings (SSSR count). The number of fused-ring (bicyclic) bond motifs is 1. The van der Waals surface area contributed by atoms with E-state index in [1.807, 2.05) is 6.92 Å². The van der Waals surface area contributed by atoms with E-state index < -0.39 is 29.9 Å². The van der Waals surface area contributed by atoms with Gasteiger partial charge in [-0.25, -0.2) is 9.97 Å². The van der Waals surface area contributed by atoms with Crippen LogP contribution in [0.25, 0.3) is 22.4 Å². The first kappa shape index (κ1) is 26.4. The van der Waals surface area contributed by atoms with Gasteiger partial charge in [-0.1, -0.05) is 6.92 Å². The van der Waals surface area contributed by atoms with Gasteiger partial charge in [0.15, 0.2) is 11.5 Å². The van der Waals surface area contributed by atoms with E-state index in [2.05, 4.69) is 20.6 Å². The SMILES string of the molecule is COc1ccc(-c2nc(C(=O)N[C@@H](C)CNC(=O)C3(C)CC3)c([C@H](C)N)o2)c2ccc(C(F)(F)F)nc12. The molecule has 2 heterocycles. The van der Waals surface area contributed by atoms with E-state index in [9.17, 15) is 22.8 Å². The fourth-order valence-electron chi connectivity index (χ4n) is 3.84. The van der Waals surface area contributed by atoms with Crippen molar-refractivity contribution in [2.45, 2.75) is 51.9 Å². The van der Waals surface area contributed by atoms with Crippen molar-refractivity contribution in [3.63, 3.8) is 0 Å². The van der Waals surface area contributed by atoms with Gasteiger partial charge in [0.05, 0.1) is 13.2 Å². The Morgan fingerprint density at radius 3 is 2.49 bits per heavy atom. The highest BCUT2D eigenvalue weighted by Gasteiger charge is 2.44. The number of hydrogen-bond donors (Lipinski definition) is 3. The molecule has 12 heteroatoms. The molecular weight excluding hydrogens is 491 g/mol. The lowest BCUT2D eigenvalue weighted by Crippen LogP contribution is -2.43. The third-order valence-corrected chi connectivity index (χ3v) is 6.34. The van der Waals surface area contributed by atoms with Crippen LogP contribution in [0.1, 0.15) is 61.6 Å². The molecule has 0 aliphatic heterocycles. The Kier molecular flexibility index (Phi) is 6.89. The molecule has 0 saturated heterocycles. The summed E-state index contributed by atoms with van der Waals surface area (Å²) in [7, 11) is 1.33. The van der Waals surface area contributed by atoms with Gasteiger partial charge in [0.1, 0.15) is 17.0 Å². The molecule has 3 aromatic rings. The van der Waals surface area contributed by atoms with Crippen molar-refractivity contribution in [1.29, 1.82) is 0 Å². The van der Waals surface area contributed by atoms with E-state index in [4.69, 9.17) is 14.9 Å². The van der Waals surface area contributed by atoms with E-state index in [-0.39, 0.29) is 46.5 Å². The third kappa shape index (κ3) is 5.38. The van der Waals surface area contributed by atoms with E-state index >= 15 is 0 Å². The summed E-state index contributed by atoms with van der Waals surface area (Å²) in [4.78, 5) is 33.3. The average molecular weight is 520 g/mol. The standard InChI is InChI=1S/C25H28F3N5O4/c1-12(11-30-23(35)24(3)9-10-24)31-21(34)19-20(13(2)29)37-22(33-19)15-5-7-16(36-4)18-14(15)6-8-17(32-18)25(26,27)28/h5-8,12-13H,9-11,29H2,1-4H3,(H,30,35)(H,31,34)/t12-,13-/m0/s1. The van der Waals surface area contributed by atoms with Gasteiger partial charge in [0.25, 0.3) is 5.91 Å². The number of carbonyl (C=O) groups is 2. The van der Waals surface area contributed by atoms with E-state index in [0.717, 1.165) is 18.9 Å². The number of nitrogens with one attached hydrogen (secondary N) is 2. The summed E-state index contributed by atoms with van der Waals surface area (Å²) in [6, 6.07) is 4.00. The number of benzene rings is 1. The first-order valence-electron chi connectivity index (χ1n) is 11.7. The van der Waals surface area contributed by atoms with Gasteiger partial charge < -0.3 is 25.5 Å². The molecule has 1 aromatic carbocycles. The van der Waals surface area contributed by atoms with Crippen LogP contribution >= 0.6 is 0 Å². The number of nitrogens with zero attached hydrogens (tertiary/aromatic N) is 2. The van der Waals surface area contributed by atoms with Crippen molar-refractivity contribution in [2.75, 3.05) is 13.7 Å². The maximum atomic E-state index is 13.3. The van der Waals surface area contributed by atoms with Crippen molar-refractivity contribution in [1.82, 2.24) is 20.6 Å². The van der Waals surface area contributed by atoms with E-state index in [0.29, 0.717) is 10.9 Å². The lowest BCUT2D eigenvalue weighted by Gasteiger charge is -2.16. The molecular formula is C25H28F3N5O4. The number of pyridine rings is 1. The highest BCUT2D eigenvalue weighted by atomic mass is 19.4. The number of aromatic nitrogens is 2. The summed E-state index contributed by atoms with van der Waals surface area (Å²) in [5.41, 5.74) is 4.85. The smallest absolute Gasteiger partial charge is 0.433 e. The first-order valence-corrected chi connectivity index (χ1v) is 11.7. The molecule has 0 radical (unpaired) electrons. The lowest BCUT2D eigenvalue weighted by molar-refractivity contribution is -0.141. The number of amides is 2. The van der Waals surface area contributed by atoms with Gasteiger partial charge in [-0.2, -0.15) is 13.2 Å². The molecule has 1 fully saturated rings. The second-order valence-corrected chi connectivity index (χ2v) is 9.57. The summed E-state index contributed by atoms with van der Waals surface area (Å²) in [6.07, 6.45) is -2.96. The number of halogens is 3. The van der Waals surface area contributed by atoms with Crippen molar-refractivity contribution in [3.05, 3.63) is 41.4 Å². The summed E-state index contributed by atoms with van der Waals surface area (Å²) < 4.78 is 50.8. The van der Waals surface area contributed by atoms with Crippen molar-refractivity contribution >= 4 is 22.7 Å². The Balaban J connectivity index is 1.64. The number of carbonyl (C=O) groups excluding carboxylic acids is 2. The van der Waals surface area contributed by atoms with Crippen LogP contribution in [0, 0.1) is 5.41 Å². The van der Waals surface area contributed by atoms with Gasteiger partial charge in [-0.05, 0) is 51.0 Å². The predicted molar refractivity (Wildman–Crippen MR) is 129 cm³/mol. The Hall–Kier alpha value is -3.67. The van der Waals surface area contributed by atoms with Gasteiger partial charge in [-0.3, -0.25) is 9.59 Å². The fraction of sp³-hybridized carbons (Fsp3) is 0.440. The largest absolute Gasteiger partial charge is 0.494 e. The molecule has 198 valence electrons. The topological polar surface area (TPSA) is 132 Å². The number of methoxy groups -OCH3 is 1. The number of alkyl halides is 3. The van der Waals surface area contributed by atoms with Crippen LogP contribution in [0.4, 0.5) is 13.2 Å². The molecule has 37 heavy (non-hydrogen) atoms. The fourth-order valence-corrected chi connectivity index (χ4v) is 3.84. The minimum Gasteiger partial charge on any atom is -0.494 e. The molecule has 1 aliphatic carbocycles. The third-order valence-electron chi connectivity index (χ3n) is 6.34. The number of rotatable bonds is 8. The quantitative estimate of drug-likeness (QED) is 0.410. The van der Waals surface area contributed by atoms with E-state index in [1.54, 1.807) is 19.9 Å². The molecule has 1 saturated carbocycles. The zero-order chi connectivity index (χ0) is 27.1. The van der Waals surface area contributed by atoms with Crippen molar-refractivity contribution in [3.8, 4) is 17.2 Å². The van der Waals surface area contributed by atoms with Gasteiger partial charge in [0.2, 0.25) is 11.8 Å².